The zero-order valence-electron chi connectivity index (χ0n) is 13.8. The van der Waals surface area contributed by atoms with Crippen LogP contribution in [0.4, 0.5) is 0 Å². The van der Waals surface area contributed by atoms with Gasteiger partial charge in [0.2, 0.25) is 6.10 Å². The maximum atomic E-state index is 12.3. The molecule has 1 aliphatic heterocycles. The molecule has 0 saturated heterocycles. The highest BCUT2D eigenvalue weighted by atomic mass is 16.6. The predicted molar refractivity (Wildman–Crippen MR) is 93.6 cm³/mol. The highest BCUT2D eigenvalue weighted by molar-refractivity contribution is 6.67. The molecule has 0 aromatic heterocycles. The quantitative estimate of drug-likeness (QED) is 0.678. The minimum Gasteiger partial charge on any atom is -0.474 e. The average molecular weight is 324 g/mol. The minimum absolute atomic E-state index is 0.300. The van der Waals surface area contributed by atoms with Gasteiger partial charge in [-0.05, 0) is 37.3 Å². The lowest BCUT2D eigenvalue weighted by atomic mass is 9.53. The Labute approximate surface area is 142 Å². The summed E-state index contributed by atoms with van der Waals surface area (Å²) in [7, 11) is 0. The Hall–Kier alpha value is -2.27. The number of hydrogen-bond donors (Lipinski definition) is 1. The highest BCUT2D eigenvalue weighted by Crippen LogP contribution is 2.25. The summed E-state index contributed by atoms with van der Waals surface area (Å²) in [5, 5.41) is 10.2. The summed E-state index contributed by atoms with van der Waals surface area (Å²) in [6.45, 7) is 1.61. The van der Waals surface area contributed by atoms with Crippen molar-refractivity contribution < 1.29 is 19.3 Å². The number of rotatable bonds is 5. The number of hydrogen-bond acceptors (Lipinski definition) is 4. The van der Waals surface area contributed by atoms with Crippen molar-refractivity contribution in [3.8, 4) is 5.75 Å². The average Bonchev–Trinajstić information content (AvgIpc) is 2.61. The van der Waals surface area contributed by atoms with Crippen LogP contribution in [0.3, 0.4) is 0 Å². The molecular formula is C19H21BO4. The van der Waals surface area contributed by atoms with Gasteiger partial charge in [-0.15, -0.1) is 0 Å². The van der Waals surface area contributed by atoms with Crippen molar-refractivity contribution in [3.63, 3.8) is 0 Å². The number of aryl methyl sites for hydroxylation is 1. The Morgan fingerprint density at radius 3 is 2.79 bits per heavy atom. The van der Waals surface area contributed by atoms with Gasteiger partial charge in [0.1, 0.15) is 5.75 Å². The van der Waals surface area contributed by atoms with E-state index >= 15 is 0 Å². The third-order valence-electron chi connectivity index (χ3n) is 4.26. The Morgan fingerprint density at radius 2 is 2.04 bits per heavy atom. The molecule has 0 radical (unpaired) electrons. The molecule has 0 spiro atoms. The van der Waals surface area contributed by atoms with E-state index in [9.17, 15) is 9.82 Å². The van der Waals surface area contributed by atoms with Gasteiger partial charge in [-0.2, -0.15) is 0 Å². The molecule has 5 heteroatoms. The van der Waals surface area contributed by atoms with Crippen LogP contribution in [0.15, 0.2) is 48.5 Å². The number of carbonyl (C=O) groups excluding carboxylic acids is 1. The number of fused-ring (bicyclic) bond motifs is 1. The van der Waals surface area contributed by atoms with Crippen LogP contribution in [0.5, 0.6) is 5.75 Å². The van der Waals surface area contributed by atoms with Crippen LogP contribution in [-0.4, -0.2) is 24.5 Å². The first kappa shape index (κ1) is 16.6. The van der Waals surface area contributed by atoms with Gasteiger partial charge in [-0.1, -0.05) is 48.4 Å². The largest absolute Gasteiger partial charge is 0.474 e. The summed E-state index contributed by atoms with van der Waals surface area (Å²) in [5.74, 6) is 0.151. The van der Waals surface area contributed by atoms with Crippen molar-refractivity contribution in [1.29, 1.82) is 0 Å². The summed E-state index contributed by atoms with van der Waals surface area (Å²) < 4.78 is 11.1. The van der Waals surface area contributed by atoms with Crippen molar-refractivity contribution in [2.75, 3.05) is 6.61 Å². The Kier molecular flexibility index (Phi) is 5.21. The molecule has 1 heterocycles. The summed E-state index contributed by atoms with van der Waals surface area (Å²) in [4.78, 5) is 12.3. The summed E-state index contributed by atoms with van der Waals surface area (Å²) in [6, 6.07) is 15.0. The molecule has 0 amide bonds. The highest BCUT2D eigenvalue weighted by Gasteiger charge is 2.26. The number of ether oxygens (including phenoxy) is 2. The maximum Gasteiger partial charge on any atom is 0.352 e. The van der Waals surface area contributed by atoms with Crippen LogP contribution in [0.25, 0.3) is 0 Å². The lowest BCUT2D eigenvalue weighted by Gasteiger charge is -2.22. The summed E-state index contributed by atoms with van der Waals surface area (Å²) in [6.07, 6.45) is 1.90. The molecule has 2 aromatic carbocycles. The van der Waals surface area contributed by atoms with Crippen molar-refractivity contribution in [1.82, 2.24) is 0 Å². The molecule has 0 fully saturated rings. The van der Waals surface area contributed by atoms with Crippen LogP contribution in [-0.2, 0) is 16.0 Å². The molecule has 0 bridgehead atoms. The van der Waals surface area contributed by atoms with E-state index in [1.807, 2.05) is 48.5 Å². The van der Waals surface area contributed by atoms with E-state index < -0.39 is 19.0 Å². The van der Waals surface area contributed by atoms with Crippen molar-refractivity contribution in [3.05, 3.63) is 59.7 Å². The molecule has 1 aliphatic rings. The van der Waals surface area contributed by atoms with Crippen molar-refractivity contribution >= 4 is 18.3 Å². The molecule has 1 unspecified atom stereocenters. The summed E-state index contributed by atoms with van der Waals surface area (Å²) in [5.41, 5.74) is 2.79. The first-order chi connectivity index (χ1) is 11.7. The maximum absolute atomic E-state index is 12.3. The third kappa shape index (κ3) is 3.62. The summed E-state index contributed by atoms with van der Waals surface area (Å²) >= 11 is 0. The lowest BCUT2D eigenvalue weighted by molar-refractivity contribution is -0.151. The molecule has 1 atom stereocenters. The SMILES string of the molecule is CCOC(=O)C(Oc1ccc2c(c1)B(O)CCC2)c1ccccc1. The Balaban J connectivity index is 1.87. The molecule has 1 N–H and O–H groups in total. The first-order valence-corrected chi connectivity index (χ1v) is 8.38. The molecule has 0 aliphatic carbocycles. The van der Waals surface area contributed by atoms with Gasteiger partial charge in [0.15, 0.2) is 0 Å². The number of benzene rings is 2. The van der Waals surface area contributed by atoms with Crippen LogP contribution < -0.4 is 10.2 Å². The van der Waals surface area contributed by atoms with E-state index in [-0.39, 0.29) is 0 Å². The van der Waals surface area contributed by atoms with Gasteiger partial charge >= 0.3 is 12.9 Å². The molecule has 2 aromatic rings. The van der Waals surface area contributed by atoms with Gasteiger partial charge < -0.3 is 14.5 Å². The molecular weight excluding hydrogens is 303 g/mol. The van der Waals surface area contributed by atoms with Gasteiger partial charge in [0.25, 0.3) is 0 Å². The first-order valence-electron chi connectivity index (χ1n) is 8.38. The van der Waals surface area contributed by atoms with E-state index in [2.05, 4.69) is 0 Å². The molecule has 4 nitrogen and oxygen atoms in total. The Morgan fingerprint density at radius 1 is 1.25 bits per heavy atom. The van der Waals surface area contributed by atoms with Crippen LogP contribution in [0, 0.1) is 0 Å². The van der Waals surface area contributed by atoms with Gasteiger partial charge in [-0.25, -0.2) is 4.79 Å². The van der Waals surface area contributed by atoms with Gasteiger partial charge in [-0.3, -0.25) is 0 Å². The fourth-order valence-electron chi connectivity index (χ4n) is 3.06. The normalized spacial score (nSPS) is 14.7. The molecule has 124 valence electrons. The van der Waals surface area contributed by atoms with Crippen LogP contribution in [0.1, 0.15) is 30.6 Å². The standard InChI is InChI=1S/C19H21BO4/c1-2-23-19(21)18(15-7-4-3-5-8-15)24-16-11-10-14-9-6-12-20(22)17(14)13-16/h3-5,7-8,10-11,13,18,22H,2,6,9,12H2,1H3. The second-order valence-electron chi connectivity index (χ2n) is 5.93. The molecule has 0 saturated carbocycles. The van der Waals surface area contributed by atoms with E-state index in [0.29, 0.717) is 12.4 Å². The zero-order chi connectivity index (χ0) is 16.9. The predicted octanol–water partition coefficient (Wildman–Crippen LogP) is 2.51. The van der Waals surface area contributed by atoms with Crippen LogP contribution >= 0.6 is 0 Å². The van der Waals surface area contributed by atoms with Crippen molar-refractivity contribution in [2.45, 2.75) is 32.2 Å². The lowest BCUT2D eigenvalue weighted by Crippen LogP contribution is -2.36. The second kappa shape index (κ2) is 7.54. The van der Waals surface area contributed by atoms with Crippen molar-refractivity contribution in [2.24, 2.45) is 0 Å². The van der Waals surface area contributed by atoms with E-state index in [0.717, 1.165) is 35.8 Å². The fourth-order valence-corrected chi connectivity index (χ4v) is 3.06. The molecule has 3 rings (SSSR count). The van der Waals surface area contributed by atoms with Gasteiger partial charge in [0, 0.05) is 5.56 Å². The number of carbonyl (C=O) groups is 1. The monoisotopic (exact) mass is 324 g/mol. The zero-order valence-corrected chi connectivity index (χ0v) is 13.8. The Bertz CT molecular complexity index is 702. The second-order valence-corrected chi connectivity index (χ2v) is 5.93. The number of esters is 1. The van der Waals surface area contributed by atoms with E-state index in [4.69, 9.17) is 9.47 Å². The van der Waals surface area contributed by atoms with Crippen LogP contribution in [0.2, 0.25) is 6.32 Å². The third-order valence-corrected chi connectivity index (χ3v) is 4.26. The smallest absolute Gasteiger partial charge is 0.352 e. The van der Waals surface area contributed by atoms with E-state index in [1.54, 1.807) is 6.92 Å². The fraction of sp³-hybridized carbons (Fsp3) is 0.316. The molecule has 24 heavy (non-hydrogen) atoms. The van der Waals surface area contributed by atoms with E-state index in [1.165, 1.54) is 0 Å². The topological polar surface area (TPSA) is 55.8 Å². The minimum atomic E-state index is -0.815. The van der Waals surface area contributed by atoms with Gasteiger partial charge in [0.05, 0.1) is 6.61 Å².